The SMILES string of the molecule is CC(C)COc1ccc(C(=O)c2ccccc2)c(O)c1O. The van der Waals surface area contributed by atoms with Gasteiger partial charge in [0.05, 0.1) is 12.2 Å². The highest BCUT2D eigenvalue weighted by Gasteiger charge is 2.19. The molecule has 0 bridgehead atoms. The van der Waals surface area contributed by atoms with Crippen LogP contribution in [0.1, 0.15) is 29.8 Å². The molecule has 0 saturated carbocycles. The van der Waals surface area contributed by atoms with Gasteiger partial charge in [0.1, 0.15) is 0 Å². The molecule has 4 heteroatoms. The highest BCUT2D eigenvalue weighted by Crippen LogP contribution is 2.39. The second kappa shape index (κ2) is 6.31. The average Bonchev–Trinajstić information content (AvgIpc) is 2.49. The molecule has 0 spiro atoms. The molecule has 2 rings (SSSR count). The van der Waals surface area contributed by atoms with Crippen molar-refractivity contribution in [1.82, 2.24) is 0 Å². The standard InChI is InChI=1S/C17H18O4/c1-11(2)10-21-14-9-8-13(16(19)17(14)20)15(18)12-6-4-3-5-7-12/h3-9,11,19-20H,10H2,1-2H3. The van der Waals surface area contributed by atoms with Gasteiger partial charge in [-0.1, -0.05) is 44.2 Å². The summed E-state index contributed by atoms with van der Waals surface area (Å²) in [6.07, 6.45) is 0. The molecule has 0 unspecified atom stereocenters. The molecule has 0 aliphatic rings. The van der Waals surface area contributed by atoms with Crippen LogP contribution >= 0.6 is 0 Å². The lowest BCUT2D eigenvalue weighted by Gasteiger charge is -2.12. The number of hydrogen-bond acceptors (Lipinski definition) is 4. The van der Waals surface area contributed by atoms with Gasteiger partial charge in [0.25, 0.3) is 0 Å². The van der Waals surface area contributed by atoms with Gasteiger partial charge >= 0.3 is 0 Å². The third kappa shape index (κ3) is 3.34. The van der Waals surface area contributed by atoms with Gasteiger partial charge in [0, 0.05) is 5.56 Å². The van der Waals surface area contributed by atoms with Crippen LogP contribution in [0.15, 0.2) is 42.5 Å². The molecule has 0 aromatic heterocycles. The van der Waals surface area contributed by atoms with Crippen LogP contribution in [0.5, 0.6) is 17.2 Å². The van der Waals surface area contributed by atoms with Crippen molar-refractivity contribution in [2.75, 3.05) is 6.61 Å². The third-order valence-corrected chi connectivity index (χ3v) is 2.97. The largest absolute Gasteiger partial charge is 0.504 e. The molecule has 2 aromatic carbocycles. The smallest absolute Gasteiger partial charge is 0.201 e. The Morgan fingerprint density at radius 2 is 1.71 bits per heavy atom. The van der Waals surface area contributed by atoms with Gasteiger partial charge in [0.15, 0.2) is 17.3 Å². The van der Waals surface area contributed by atoms with E-state index in [1.807, 2.05) is 13.8 Å². The minimum atomic E-state index is -0.454. The van der Waals surface area contributed by atoms with Gasteiger partial charge in [0.2, 0.25) is 5.75 Å². The lowest BCUT2D eigenvalue weighted by molar-refractivity contribution is 0.103. The zero-order valence-electron chi connectivity index (χ0n) is 12.0. The van der Waals surface area contributed by atoms with E-state index in [1.54, 1.807) is 30.3 Å². The molecular weight excluding hydrogens is 268 g/mol. The Morgan fingerprint density at radius 3 is 2.33 bits per heavy atom. The lowest BCUT2D eigenvalue weighted by Crippen LogP contribution is -2.06. The van der Waals surface area contributed by atoms with Crippen LogP contribution in [-0.4, -0.2) is 22.6 Å². The van der Waals surface area contributed by atoms with Gasteiger partial charge in [-0.25, -0.2) is 0 Å². The first kappa shape index (κ1) is 14.9. The Bertz CT molecular complexity index is 633. The highest BCUT2D eigenvalue weighted by molar-refractivity contribution is 6.11. The number of carbonyl (C=O) groups excluding carboxylic acids is 1. The van der Waals surface area contributed by atoms with E-state index in [2.05, 4.69) is 0 Å². The fraction of sp³-hybridized carbons (Fsp3) is 0.235. The topological polar surface area (TPSA) is 66.8 Å². The maximum absolute atomic E-state index is 12.3. The van der Waals surface area contributed by atoms with Gasteiger partial charge in [-0.3, -0.25) is 4.79 Å². The number of phenols is 2. The molecule has 4 nitrogen and oxygen atoms in total. The Balaban J connectivity index is 2.30. The van der Waals surface area contributed by atoms with Crippen LogP contribution < -0.4 is 4.74 Å². The van der Waals surface area contributed by atoms with Gasteiger partial charge in [-0.15, -0.1) is 0 Å². The first-order valence-corrected chi connectivity index (χ1v) is 6.78. The summed E-state index contributed by atoms with van der Waals surface area (Å²) in [7, 11) is 0. The first-order chi connectivity index (χ1) is 10.0. The summed E-state index contributed by atoms with van der Waals surface area (Å²) in [5.74, 6) is -0.746. The summed E-state index contributed by atoms with van der Waals surface area (Å²) < 4.78 is 5.40. The van der Waals surface area contributed by atoms with E-state index in [0.717, 1.165) is 0 Å². The van der Waals surface area contributed by atoms with Crippen LogP contribution in [-0.2, 0) is 0 Å². The molecule has 2 N–H and O–H groups in total. The summed E-state index contributed by atoms with van der Waals surface area (Å²) in [6, 6.07) is 11.5. The van der Waals surface area contributed by atoms with E-state index in [1.165, 1.54) is 12.1 Å². The summed E-state index contributed by atoms with van der Waals surface area (Å²) in [6.45, 7) is 4.37. The zero-order chi connectivity index (χ0) is 15.4. The number of aromatic hydroxyl groups is 2. The van der Waals surface area contributed by atoms with Crippen LogP contribution in [0.3, 0.4) is 0 Å². The lowest BCUT2D eigenvalue weighted by atomic mass is 10.0. The molecule has 0 radical (unpaired) electrons. The van der Waals surface area contributed by atoms with E-state index in [0.29, 0.717) is 12.2 Å². The predicted octanol–water partition coefficient (Wildman–Crippen LogP) is 3.36. The monoisotopic (exact) mass is 286 g/mol. The molecular formula is C17H18O4. The van der Waals surface area contributed by atoms with Crippen LogP contribution in [0.4, 0.5) is 0 Å². The van der Waals surface area contributed by atoms with Crippen LogP contribution in [0, 0.1) is 5.92 Å². The van der Waals surface area contributed by atoms with Crippen molar-refractivity contribution in [2.45, 2.75) is 13.8 Å². The maximum Gasteiger partial charge on any atom is 0.201 e. The van der Waals surface area contributed by atoms with Crippen molar-refractivity contribution in [2.24, 2.45) is 5.92 Å². The van der Waals surface area contributed by atoms with Crippen LogP contribution in [0.25, 0.3) is 0 Å². The predicted molar refractivity (Wildman–Crippen MR) is 80.0 cm³/mol. The van der Waals surface area contributed by atoms with E-state index < -0.39 is 11.5 Å². The fourth-order valence-electron chi connectivity index (χ4n) is 1.86. The summed E-state index contributed by atoms with van der Waals surface area (Å²) in [4.78, 5) is 12.3. The Labute approximate surface area is 123 Å². The first-order valence-electron chi connectivity index (χ1n) is 6.78. The molecule has 110 valence electrons. The molecule has 21 heavy (non-hydrogen) atoms. The van der Waals surface area contributed by atoms with Crippen molar-refractivity contribution in [3.05, 3.63) is 53.6 Å². The second-order valence-electron chi connectivity index (χ2n) is 5.21. The molecule has 0 saturated heterocycles. The van der Waals surface area contributed by atoms with Gasteiger partial charge < -0.3 is 14.9 Å². The van der Waals surface area contributed by atoms with Crippen molar-refractivity contribution in [1.29, 1.82) is 0 Å². The zero-order valence-corrected chi connectivity index (χ0v) is 12.0. The quantitative estimate of drug-likeness (QED) is 0.653. The number of rotatable bonds is 5. The third-order valence-electron chi connectivity index (χ3n) is 2.97. The number of phenolic OH excluding ortho intramolecular Hbond substituents is 2. The van der Waals surface area contributed by atoms with E-state index >= 15 is 0 Å². The normalized spacial score (nSPS) is 10.6. The van der Waals surface area contributed by atoms with Gasteiger partial charge in [-0.2, -0.15) is 0 Å². The van der Waals surface area contributed by atoms with Crippen molar-refractivity contribution in [3.8, 4) is 17.2 Å². The number of carbonyl (C=O) groups is 1. The van der Waals surface area contributed by atoms with E-state index in [9.17, 15) is 15.0 Å². The van der Waals surface area contributed by atoms with E-state index in [4.69, 9.17) is 4.74 Å². The number of hydrogen-bond donors (Lipinski definition) is 2. The minimum absolute atomic E-state index is 0.0515. The highest BCUT2D eigenvalue weighted by atomic mass is 16.5. The summed E-state index contributed by atoms with van der Waals surface area (Å²) in [5.41, 5.74) is 0.499. The summed E-state index contributed by atoms with van der Waals surface area (Å²) in [5, 5.41) is 20.0. The Kier molecular flexibility index (Phi) is 4.48. The molecule has 0 atom stereocenters. The Morgan fingerprint density at radius 1 is 1.05 bits per heavy atom. The fourth-order valence-corrected chi connectivity index (χ4v) is 1.86. The van der Waals surface area contributed by atoms with E-state index in [-0.39, 0.29) is 23.0 Å². The van der Waals surface area contributed by atoms with Crippen LogP contribution in [0.2, 0.25) is 0 Å². The number of ether oxygens (including phenoxy) is 1. The molecule has 0 aliphatic carbocycles. The minimum Gasteiger partial charge on any atom is -0.504 e. The maximum atomic E-state index is 12.3. The number of benzene rings is 2. The molecule has 2 aromatic rings. The molecule has 0 aliphatic heterocycles. The average molecular weight is 286 g/mol. The van der Waals surface area contributed by atoms with Crippen molar-refractivity contribution < 1.29 is 19.7 Å². The second-order valence-corrected chi connectivity index (χ2v) is 5.21. The molecule has 0 amide bonds. The number of ketones is 1. The van der Waals surface area contributed by atoms with Gasteiger partial charge in [-0.05, 0) is 18.1 Å². The molecule has 0 heterocycles. The van der Waals surface area contributed by atoms with Crippen molar-refractivity contribution in [3.63, 3.8) is 0 Å². The Hall–Kier alpha value is -2.49. The summed E-state index contributed by atoms with van der Waals surface area (Å²) >= 11 is 0. The molecule has 0 fully saturated rings. The van der Waals surface area contributed by atoms with Crippen molar-refractivity contribution >= 4 is 5.78 Å².